The van der Waals surface area contributed by atoms with E-state index in [1.807, 2.05) is 25.2 Å². The number of anilines is 3. The van der Waals surface area contributed by atoms with Crippen molar-refractivity contribution >= 4 is 40.0 Å². The molecular weight excluding hydrogens is 416 g/mol. The molecule has 0 amide bonds. The number of rotatable bonds is 5. The molecule has 0 bridgehead atoms. The number of nitrogens with one attached hydrogen (secondary N) is 2. The molecule has 1 saturated heterocycles. The Balaban J connectivity index is 1.41. The quantitative estimate of drug-likeness (QED) is 0.492. The summed E-state index contributed by atoms with van der Waals surface area (Å²) in [5, 5.41) is 11.3. The molecule has 3 aromatic heterocycles. The molecular formula is C21H21ClN8O. The van der Waals surface area contributed by atoms with Gasteiger partial charge in [-0.1, -0.05) is 11.6 Å². The molecule has 0 spiro atoms. The largest absolute Gasteiger partial charge is 0.436 e. The smallest absolute Gasteiger partial charge is 0.238 e. The number of hydrogen-bond donors (Lipinski definition) is 2. The van der Waals surface area contributed by atoms with Crippen molar-refractivity contribution in [2.24, 2.45) is 7.05 Å². The maximum Gasteiger partial charge on any atom is 0.238 e. The molecule has 1 aliphatic heterocycles. The van der Waals surface area contributed by atoms with E-state index in [1.165, 1.54) is 6.33 Å². The predicted octanol–water partition coefficient (Wildman–Crippen LogP) is 3.36. The molecule has 9 nitrogen and oxygen atoms in total. The zero-order valence-electron chi connectivity index (χ0n) is 16.9. The van der Waals surface area contributed by atoms with Crippen molar-refractivity contribution in [2.75, 3.05) is 36.4 Å². The van der Waals surface area contributed by atoms with E-state index in [-0.39, 0.29) is 0 Å². The van der Waals surface area contributed by atoms with Crippen LogP contribution >= 0.6 is 11.6 Å². The SMILES string of the molecule is Cn1ccc(Oc2ccc(Nc3ncnc4ccc(N5CCNCC5)nc34)cc2Cl)n1. The first-order valence-electron chi connectivity index (χ1n) is 9.97. The molecule has 0 radical (unpaired) electrons. The van der Waals surface area contributed by atoms with Gasteiger partial charge in [0.1, 0.15) is 23.4 Å². The zero-order chi connectivity index (χ0) is 21.2. The lowest BCUT2D eigenvalue weighted by Gasteiger charge is -2.28. The van der Waals surface area contributed by atoms with Gasteiger partial charge < -0.3 is 20.3 Å². The molecule has 0 aliphatic carbocycles. The topological polar surface area (TPSA) is 93.0 Å². The summed E-state index contributed by atoms with van der Waals surface area (Å²) in [7, 11) is 1.83. The normalized spacial score (nSPS) is 14.1. The van der Waals surface area contributed by atoms with Gasteiger partial charge in [-0.3, -0.25) is 4.68 Å². The summed E-state index contributed by atoms with van der Waals surface area (Å²) >= 11 is 6.44. The van der Waals surface area contributed by atoms with Crippen molar-refractivity contribution in [1.29, 1.82) is 0 Å². The number of aromatic nitrogens is 5. The molecule has 0 saturated carbocycles. The van der Waals surface area contributed by atoms with Gasteiger partial charge in [-0.05, 0) is 30.3 Å². The van der Waals surface area contributed by atoms with Gasteiger partial charge in [0.2, 0.25) is 5.88 Å². The van der Waals surface area contributed by atoms with E-state index in [1.54, 1.807) is 29.1 Å². The molecule has 31 heavy (non-hydrogen) atoms. The number of fused-ring (bicyclic) bond motifs is 1. The Morgan fingerprint density at radius 3 is 2.74 bits per heavy atom. The number of pyridine rings is 1. The van der Waals surface area contributed by atoms with Crippen molar-refractivity contribution in [3.05, 3.63) is 53.9 Å². The van der Waals surface area contributed by atoms with Gasteiger partial charge >= 0.3 is 0 Å². The van der Waals surface area contributed by atoms with Crippen molar-refractivity contribution < 1.29 is 4.74 Å². The van der Waals surface area contributed by atoms with E-state index in [4.69, 9.17) is 21.3 Å². The van der Waals surface area contributed by atoms with Crippen LogP contribution in [-0.4, -0.2) is 50.9 Å². The highest BCUT2D eigenvalue weighted by atomic mass is 35.5. The van der Waals surface area contributed by atoms with E-state index in [0.29, 0.717) is 28.0 Å². The van der Waals surface area contributed by atoms with Gasteiger partial charge in [0, 0.05) is 51.2 Å². The lowest BCUT2D eigenvalue weighted by atomic mass is 10.2. The van der Waals surface area contributed by atoms with Crippen molar-refractivity contribution in [1.82, 2.24) is 30.0 Å². The maximum absolute atomic E-state index is 6.44. The van der Waals surface area contributed by atoms with Crippen molar-refractivity contribution in [3.63, 3.8) is 0 Å². The highest BCUT2D eigenvalue weighted by molar-refractivity contribution is 6.32. The Labute approximate surface area is 184 Å². The molecule has 0 atom stereocenters. The minimum atomic E-state index is 0.462. The molecule has 5 rings (SSSR count). The molecule has 1 aromatic carbocycles. The second-order valence-electron chi connectivity index (χ2n) is 7.20. The van der Waals surface area contributed by atoms with Crippen LogP contribution in [0.25, 0.3) is 11.0 Å². The van der Waals surface area contributed by atoms with Crippen LogP contribution < -0.4 is 20.3 Å². The van der Waals surface area contributed by atoms with E-state index in [9.17, 15) is 0 Å². The minimum absolute atomic E-state index is 0.462. The van der Waals surface area contributed by atoms with Crippen LogP contribution in [0.4, 0.5) is 17.3 Å². The first-order chi connectivity index (χ1) is 15.2. The Bertz CT molecular complexity index is 1220. The third-order valence-electron chi connectivity index (χ3n) is 5.01. The zero-order valence-corrected chi connectivity index (χ0v) is 17.7. The third-order valence-corrected chi connectivity index (χ3v) is 5.30. The summed E-state index contributed by atoms with van der Waals surface area (Å²) in [6, 6.07) is 11.2. The first kappa shape index (κ1) is 19.5. The standard InChI is InChI=1S/C21H21ClN8O/c1-29-9-6-19(28-29)31-17-4-2-14(12-15(17)22)26-21-20-16(24-13-25-21)3-5-18(27-20)30-10-7-23-8-11-30/h2-6,9,12-13,23H,7-8,10-11H2,1H3,(H,24,25,26). The van der Waals surface area contributed by atoms with E-state index in [2.05, 4.69) is 30.6 Å². The number of piperazine rings is 1. The average Bonchev–Trinajstić information content (AvgIpc) is 3.21. The predicted molar refractivity (Wildman–Crippen MR) is 120 cm³/mol. The molecule has 1 aliphatic rings. The van der Waals surface area contributed by atoms with Crippen LogP contribution in [0.15, 0.2) is 48.9 Å². The Morgan fingerprint density at radius 1 is 1.10 bits per heavy atom. The molecule has 4 heterocycles. The number of nitrogens with zero attached hydrogens (tertiary/aromatic N) is 6. The summed E-state index contributed by atoms with van der Waals surface area (Å²) < 4.78 is 7.42. The van der Waals surface area contributed by atoms with Crippen LogP contribution in [-0.2, 0) is 7.05 Å². The van der Waals surface area contributed by atoms with Gasteiger partial charge in [0.15, 0.2) is 5.82 Å². The van der Waals surface area contributed by atoms with Gasteiger partial charge in [0.05, 0.1) is 10.5 Å². The van der Waals surface area contributed by atoms with Crippen LogP contribution in [0.1, 0.15) is 0 Å². The molecule has 0 unspecified atom stereocenters. The average molecular weight is 437 g/mol. The van der Waals surface area contributed by atoms with E-state index >= 15 is 0 Å². The van der Waals surface area contributed by atoms with Gasteiger partial charge in [-0.2, -0.15) is 0 Å². The number of halogens is 1. The van der Waals surface area contributed by atoms with Gasteiger partial charge in [-0.25, -0.2) is 15.0 Å². The Hall–Kier alpha value is -3.43. The summed E-state index contributed by atoms with van der Waals surface area (Å²) in [4.78, 5) is 15.9. The highest BCUT2D eigenvalue weighted by Gasteiger charge is 2.14. The maximum atomic E-state index is 6.44. The number of benzene rings is 1. The molecule has 2 N–H and O–H groups in total. The third kappa shape index (κ3) is 4.23. The van der Waals surface area contributed by atoms with Crippen LogP contribution in [0.3, 0.4) is 0 Å². The number of aryl methyl sites for hydroxylation is 1. The van der Waals surface area contributed by atoms with Crippen LogP contribution in [0.2, 0.25) is 5.02 Å². The van der Waals surface area contributed by atoms with Crippen LogP contribution in [0, 0.1) is 0 Å². The Kier molecular flexibility index (Phi) is 5.27. The fourth-order valence-corrected chi connectivity index (χ4v) is 3.67. The second kappa shape index (κ2) is 8.37. The van der Waals surface area contributed by atoms with E-state index < -0.39 is 0 Å². The minimum Gasteiger partial charge on any atom is -0.436 e. The van der Waals surface area contributed by atoms with Gasteiger partial charge in [0.25, 0.3) is 0 Å². The fourth-order valence-electron chi connectivity index (χ4n) is 3.45. The van der Waals surface area contributed by atoms with Gasteiger partial charge in [-0.15, -0.1) is 5.10 Å². The first-order valence-corrected chi connectivity index (χ1v) is 10.3. The summed E-state index contributed by atoms with van der Waals surface area (Å²) in [6.07, 6.45) is 3.33. The molecule has 158 valence electrons. The summed E-state index contributed by atoms with van der Waals surface area (Å²) in [6.45, 7) is 3.73. The monoisotopic (exact) mass is 436 g/mol. The second-order valence-corrected chi connectivity index (χ2v) is 7.60. The number of ether oxygens (including phenoxy) is 1. The van der Waals surface area contributed by atoms with Crippen molar-refractivity contribution in [2.45, 2.75) is 0 Å². The lowest BCUT2D eigenvalue weighted by molar-refractivity contribution is 0.454. The van der Waals surface area contributed by atoms with E-state index in [0.717, 1.165) is 43.2 Å². The van der Waals surface area contributed by atoms with Crippen LogP contribution in [0.5, 0.6) is 11.6 Å². The summed E-state index contributed by atoms with van der Waals surface area (Å²) in [5.74, 6) is 2.55. The Morgan fingerprint density at radius 2 is 1.97 bits per heavy atom. The fraction of sp³-hybridized carbons (Fsp3) is 0.238. The molecule has 1 fully saturated rings. The summed E-state index contributed by atoms with van der Waals surface area (Å²) in [5.41, 5.74) is 2.26. The number of hydrogen-bond acceptors (Lipinski definition) is 8. The highest BCUT2D eigenvalue weighted by Crippen LogP contribution is 2.32. The van der Waals surface area contributed by atoms with Crippen molar-refractivity contribution in [3.8, 4) is 11.6 Å². The molecule has 4 aromatic rings. The molecule has 10 heteroatoms. The lowest BCUT2D eigenvalue weighted by Crippen LogP contribution is -2.43.